The fourth-order valence-electron chi connectivity index (χ4n) is 2.21. The van der Waals surface area contributed by atoms with Gasteiger partial charge in [-0.05, 0) is 24.0 Å². The zero-order valence-corrected chi connectivity index (χ0v) is 12.4. The van der Waals surface area contributed by atoms with Gasteiger partial charge in [-0.2, -0.15) is 0 Å². The number of carbonyl (C=O) groups is 1. The minimum atomic E-state index is -0.460. The van der Waals surface area contributed by atoms with Crippen LogP contribution in [0.15, 0.2) is 60.7 Å². The SMILES string of the molecule is O=C(NC(CCO)Cc1ccccc1)OCc1ccccc1. The van der Waals surface area contributed by atoms with E-state index in [-0.39, 0.29) is 19.3 Å². The second-order valence-electron chi connectivity index (χ2n) is 5.10. The molecule has 0 radical (unpaired) electrons. The smallest absolute Gasteiger partial charge is 0.407 e. The summed E-state index contributed by atoms with van der Waals surface area (Å²) in [6, 6.07) is 19.3. The molecule has 0 spiro atoms. The topological polar surface area (TPSA) is 58.6 Å². The Morgan fingerprint density at radius 3 is 2.18 bits per heavy atom. The summed E-state index contributed by atoms with van der Waals surface area (Å²) in [5.41, 5.74) is 2.06. The number of aliphatic hydroxyl groups excluding tert-OH is 1. The molecule has 1 atom stereocenters. The maximum atomic E-state index is 11.9. The number of ether oxygens (including phenoxy) is 1. The average molecular weight is 299 g/mol. The number of carbonyl (C=O) groups excluding carboxylic acids is 1. The summed E-state index contributed by atoms with van der Waals surface area (Å²) in [7, 11) is 0. The van der Waals surface area contributed by atoms with Crippen LogP contribution in [0.5, 0.6) is 0 Å². The summed E-state index contributed by atoms with van der Waals surface area (Å²) in [5.74, 6) is 0. The Balaban J connectivity index is 1.83. The minimum Gasteiger partial charge on any atom is -0.445 e. The van der Waals surface area contributed by atoms with E-state index >= 15 is 0 Å². The molecule has 2 aromatic rings. The Hall–Kier alpha value is -2.33. The van der Waals surface area contributed by atoms with Gasteiger partial charge in [0.25, 0.3) is 0 Å². The fourth-order valence-corrected chi connectivity index (χ4v) is 2.21. The second kappa shape index (κ2) is 8.85. The molecular formula is C18H21NO3. The summed E-state index contributed by atoms with van der Waals surface area (Å²) in [4.78, 5) is 11.9. The lowest BCUT2D eigenvalue weighted by Gasteiger charge is -2.17. The third-order valence-corrected chi connectivity index (χ3v) is 3.34. The zero-order valence-electron chi connectivity index (χ0n) is 12.4. The van der Waals surface area contributed by atoms with Crippen molar-refractivity contribution < 1.29 is 14.6 Å². The molecular weight excluding hydrogens is 278 g/mol. The van der Waals surface area contributed by atoms with Gasteiger partial charge < -0.3 is 15.2 Å². The second-order valence-corrected chi connectivity index (χ2v) is 5.10. The number of amides is 1. The Kier molecular flexibility index (Phi) is 6.45. The molecule has 4 heteroatoms. The molecule has 0 bridgehead atoms. The van der Waals surface area contributed by atoms with Gasteiger partial charge in [-0.1, -0.05) is 60.7 Å². The van der Waals surface area contributed by atoms with Gasteiger partial charge in [-0.25, -0.2) is 4.79 Å². The number of benzene rings is 2. The van der Waals surface area contributed by atoms with E-state index in [1.165, 1.54) is 0 Å². The molecule has 0 saturated heterocycles. The lowest BCUT2D eigenvalue weighted by molar-refractivity contribution is 0.133. The number of rotatable bonds is 7. The van der Waals surface area contributed by atoms with Crippen LogP contribution < -0.4 is 5.32 Å². The van der Waals surface area contributed by atoms with E-state index in [1.54, 1.807) is 0 Å². The maximum Gasteiger partial charge on any atom is 0.407 e. The van der Waals surface area contributed by atoms with Crippen molar-refractivity contribution >= 4 is 6.09 Å². The van der Waals surface area contributed by atoms with Crippen molar-refractivity contribution in [3.63, 3.8) is 0 Å². The van der Waals surface area contributed by atoms with Gasteiger partial charge in [0.05, 0.1) is 0 Å². The molecule has 0 aromatic heterocycles. The summed E-state index contributed by atoms with van der Waals surface area (Å²) in [6.45, 7) is 0.264. The summed E-state index contributed by atoms with van der Waals surface area (Å²) < 4.78 is 5.21. The summed E-state index contributed by atoms with van der Waals surface area (Å²) in [6.07, 6.45) is 0.704. The molecule has 0 aliphatic rings. The third-order valence-electron chi connectivity index (χ3n) is 3.34. The van der Waals surface area contributed by atoms with E-state index in [2.05, 4.69) is 5.32 Å². The first kappa shape index (κ1) is 16.0. The lowest BCUT2D eigenvalue weighted by atomic mass is 10.0. The van der Waals surface area contributed by atoms with Crippen molar-refractivity contribution in [2.75, 3.05) is 6.61 Å². The number of hydrogen-bond donors (Lipinski definition) is 2. The monoisotopic (exact) mass is 299 g/mol. The van der Waals surface area contributed by atoms with Crippen molar-refractivity contribution in [3.05, 3.63) is 71.8 Å². The van der Waals surface area contributed by atoms with Crippen LogP contribution in [0.4, 0.5) is 4.79 Å². The predicted molar refractivity (Wildman–Crippen MR) is 85.4 cm³/mol. The van der Waals surface area contributed by atoms with E-state index in [0.29, 0.717) is 12.8 Å². The molecule has 0 heterocycles. The van der Waals surface area contributed by atoms with Crippen LogP contribution in [-0.2, 0) is 17.8 Å². The molecule has 0 saturated carbocycles. The fraction of sp³-hybridized carbons (Fsp3) is 0.278. The van der Waals surface area contributed by atoms with Crippen LogP contribution in [0.3, 0.4) is 0 Å². The lowest BCUT2D eigenvalue weighted by Crippen LogP contribution is -2.37. The van der Waals surface area contributed by atoms with Gasteiger partial charge >= 0.3 is 6.09 Å². The Morgan fingerprint density at radius 2 is 1.59 bits per heavy atom. The highest BCUT2D eigenvalue weighted by atomic mass is 16.5. The molecule has 0 aliphatic heterocycles. The maximum absolute atomic E-state index is 11.9. The molecule has 2 aromatic carbocycles. The molecule has 4 nitrogen and oxygen atoms in total. The first-order valence-corrected chi connectivity index (χ1v) is 7.40. The number of hydrogen-bond acceptors (Lipinski definition) is 3. The highest BCUT2D eigenvalue weighted by Gasteiger charge is 2.13. The van der Waals surface area contributed by atoms with E-state index < -0.39 is 6.09 Å². The normalized spacial score (nSPS) is 11.7. The van der Waals surface area contributed by atoms with Crippen molar-refractivity contribution in [1.29, 1.82) is 0 Å². The van der Waals surface area contributed by atoms with Gasteiger partial charge in [-0.3, -0.25) is 0 Å². The van der Waals surface area contributed by atoms with Gasteiger partial charge in [0.2, 0.25) is 0 Å². The molecule has 1 unspecified atom stereocenters. The number of nitrogens with one attached hydrogen (secondary N) is 1. The highest BCUT2D eigenvalue weighted by Crippen LogP contribution is 2.07. The summed E-state index contributed by atoms with van der Waals surface area (Å²) in [5, 5.41) is 12.0. The van der Waals surface area contributed by atoms with Crippen LogP contribution in [0.1, 0.15) is 17.5 Å². The van der Waals surface area contributed by atoms with E-state index in [9.17, 15) is 4.79 Å². The van der Waals surface area contributed by atoms with E-state index in [1.807, 2.05) is 60.7 Å². The van der Waals surface area contributed by atoms with Gasteiger partial charge in [0.1, 0.15) is 6.61 Å². The average Bonchev–Trinajstić information content (AvgIpc) is 2.55. The molecule has 2 rings (SSSR count). The molecule has 2 N–H and O–H groups in total. The van der Waals surface area contributed by atoms with Crippen LogP contribution >= 0.6 is 0 Å². The van der Waals surface area contributed by atoms with Crippen molar-refractivity contribution in [3.8, 4) is 0 Å². The van der Waals surface area contributed by atoms with E-state index in [4.69, 9.17) is 9.84 Å². The van der Waals surface area contributed by atoms with Gasteiger partial charge in [0.15, 0.2) is 0 Å². The molecule has 0 fully saturated rings. The van der Waals surface area contributed by atoms with Gasteiger partial charge in [0, 0.05) is 12.6 Å². The van der Waals surface area contributed by atoms with Crippen LogP contribution in [0.25, 0.3) is 0 Å². The van der Waals surface area contributed by atoms with Crippen LogP contribution in [-0.4, -0.2) is 23.8 Å². The van der Waals surface area contributed by atoms with Crippen molar-refractivity contribution in [1.82, 2.24) is 5.32 Å². The number of aliphatic hydroxyl groups is 1. The molecule has 116 valence electrons. The van der Waals surface area contributed by atoms with Crippen molar-refractivity contribution in [2.45, 2.75) is 25.5 Å². The Morgan fingerprint density at radius 1 is 1.00 bits per heavy atom. The molecule has 0 aliphatic carbocycles. The molecule has 22 heavy (non-hydrogen) atoms. The first-order valence-electron chi connectivity index (χ1n) is 7.40. The predicted octanol–water partition coefficient (Wildman–Crippen LogP) is 2.91. The summed E-state index contributed by atoms with van der Waals surface area (Å²) >= 11 is 0. The van der Waals surface area contributed by atoms with Gasteiger partial charge in [-0.15, -0.1) is 0 Å². The highest BCUT2D eigenvalue weighted by molar-refractivity contribution is 5.67. The quantitative estimate of drug-likeness (QED) is 0.826. The zero-order chi connectivity index (χ0) is 15.6. The van der Waals surface area contributed by atoms with Crippen molar-refractivity contribution in [2.24, 2.45) is 0 Å². The Bertz CT molecular complexity index is 557. The van der Waals surface area contributed by atoms with Crippen LogP contribution in [0.2, 0.25) is 0 Å². The first-order chi connectivity index (χ1) is 10.8. The van der Waals surface area contributed by atoms with E-state index in [0.717, 1.165) is 11.1 Å². The van der Waals surface area contributed by atoms with Crippen LogP contribution in [0, 0.1) is 0 Å². The third kappa shape index (κ3) is 5.58. The largest absolute Gasteiger partial charge is 0.445 e. The molecule has 1 amide bonds. The number of alkyl carbamates (subject to hydrolysis) is 1. The Labute approximate surface area is 130 Å². The standard InChI is InChI=1S/C18H21NO3/c20-12-11-17(13-15-7-3-1-4-8-15)19-18(21)22-14-16-9-5-2-6-10-16/h1-10,17,20H,11-14H2,(H,19,21). The minimum absolute atomic E-state index is 0.0243.